The second kappa shape index (κ2) is 10.6. The standard InChI is InChI=1S/C30H24FN3O5S2/c1-16-4-3-5-19(14-16)32-22(35)15-33-29-26(41-30(33)38)23(17-6-12-21(39-2)13-7-17)24-25(40-29)28(37)34(27(24)36)20-10-8-18(31)9-11-20/h3-14,23-25H,15H2,1-2H3,(H,32,35)/t23-,24?,25?/m1/s1. The number of aryl methyl sites for hydroxylation is 1. The van der Waals surface area contributed by atoms with Gasteiger partial charge in [-0.05, 0) is 66.6 Å². The van der Waals surface area contributed by atoms with Crippen molar-refractivity contribution in [2.75, 3.05) is 17.3 Å². The van der Waals surface area contributed by atoms with Gasteiger partial charge in [-0.1, -0.05) is 47.4 Å². The van der Waals surface area contributed by atoms with Crippen molar-refractivity contribution in [2.45, 2.75) is 29.7 Å². The molecule has 3 atom stereocenters. The number of aromatic nitrogens is 1. The van der Waals surface area contributed by atoms with Crippen molar-refractivity contribution < 1.29 is 23.5 Å². The van der Waals surface area contributed by atoms with E-state index in [4.69, 9.17) is 4.74 Å². The Bertz CT molecular complexity index is 1730. The van der Waals surface area contributed by atoms with Gasteiger partial charge in [0.1, 0.15) is 23.4 Å². The van der Waals surface area contributed by atoms with E-state index >= 15 is 0 Å². The van der Waals surface area contributed by atoms with Gasteiger partial charge in [-0.25, -0.2) is 9.29 Å². The molecule has 2 aliphatic heterocycles. The highest BCUT2D eigenvalue weighted by atomic mass is 32.2. The summed E-state index contributed by atoms with van der Waals surface area (Å²) in [6, 6.07) is 19.7. The van der Waals surface area contributed by atoms with Gasteiger partial charge in [0, 0.05) is 16.5 Å². The van der Waals surface area contributed by atoms with E-state index in [2.05, 4.69) is 5.32 Å². The quantitative estimate of drug-likeness (QED) is 0.325. The maximum absolute atomic E-state index is 13.9. The first-order valence-corrected chi connectivity index (χ1v) is 14.5. The van der Waals surface area contributed by atoms with Gasteiger partial charge in [0.05, 0.1) is 23.7 Å². The van der Waals surface area contributed by atoms with E-state index in [1.54, 1.807) is 25.3 Å². The second-order valence-electron chi connectivity index (χ2n) is 9.84. The van der Waals surface area contributed by atoms with Crippen molar-refractivity contribution in [3.05, 3.63) is 104 Å². The van der Waals surface area contributed by atoms with Crippen molar-refractivity contribution in [1.29, 1.82) is 0 Å². The van der Waals surface area contributed by atoms with Gasteiger partial charge in [0.15, 0.2) is 0 Å². The molecule has 2 aliphatic rings. The van der Waals surface area contributed by atoms with E-state index in [1.807, 2.05) is 37.3 Å². The van der Waals surface area contributed by atoms with E-state index in [1.165, 1.54) is 28.8 Å². The summed E-state index contributed by atoms with van der Waals surface area (Å²) in [7, 11) is 1.55. The summed E-state index contributed by atoms with van der Waals surface area (Å²) in [5.74, 6) is -2.52. The Morgan fingerprint density at radius 2 is 1.73 bits per heavy atom. The summed E-state index contributed by atoms with van der Waals surface area (Å²) in [4.78, 5) is 55.3. The van der Waals surface area contributed by atoms with Gasteiger partial charge >= 0.3 is 4.87 Å². The van der Waals surface area contributed by atoms with Crippen LogP contribution in [0, 0.1) is 18.7 Å². The molecule has 0 aliphatic carbocycles. The number of imide groups is 1. The predicted molar refractivity (Wildman–Crippen MR) is 155 cm³/mol. The minimum absolute atomic E-state index is 0.248. The number of methoxy groups -OCH3 is 1. The predicted octanol–water partition coefficient (Wildman–Crippen LogP) is 4.80. The molecule has 1 saturated heterocycles. The normalized spacial score (nSPS) is 19.6. The molecule has 6 rings (SSSR count). The van der Waals surface area contributed by atoms with Crippen LogP contribution in [0.5, 0.6) is 5.75 Å². The molecule has 2 unspecified atom stereocenters. The number of carbonyl (C=O) groups is 3. The van der Waals surface area contributed by atoms with Crippen LogP contribution >= 0.6 is 23.1 Å². The molecular formula is C30H24FN3O5S2. The number of benzene rings is 3. The molecule has 4 aromatic rings. The Labute approximate surface area is 242 Å². The van der Waals surface area contributed by atoms with Crippen LogP contribution in [0.2, 0.25) is 0 Å². The first-order chi connectivity index (χ1) is 19.7. The lowest BCUT2D eigenvalue weighted by atomic mass is 9.83. The number of carbonyl (C=O) groups excluding carboxylic acids is 3. The van der Waals surface area contributed by atoms with E-state index < -0.39 is 34.7 Å². The van der Waals surface area contributed by atoms with Crippen LogP contribution in [0.25, 0.3) is 0 Å². The third-order valence-electron chi connectivity index (χ3n) is 7.21. The van der Waals surface area contributed by atoms with Gasteiger partial charge < -0.3 is 10.1 Å². The molecule has 0 spiro atoms. The fraction of sp³-hybridized carbons (Fsp3) is 0.200. The van der Waals surface area contributed by atoms with Gasteiger partial charge in [0.2, 0.25) is 17.7 Å². The van der Waals surface area contributed by atoms with Gasteiger partial charge in [-0.15, -0.1) is 0 Å². The molecule has 0 bridgehead atoms. The number of nitrogens with zero attached hydrogens (tertiary/aromatic N) is 2. The second-order valence-corrected chi connectivity index (χ2v) is 12.0. The number of nitrogens with one attached hydrogen (secondary N) is 1. The number of amides is 3. The average Bonchev–Trinajstić information content (AvgIpc) is 3.40. The van der Waals surface area contributed by atoms with E-state index in [9.17, 15) is 23.6 Å². The summed E-state index contributed by atoms with van der Waals surface area (Å²) in [6.07, 6.45) is 0. The summed E-state index contributed by atoms with van der Waals surface area (Å²) < 4.78 is 20.3. The average molecular weight is 590 g/mol. The molecule has 1 fully saturated rings. The van der Waals surface area contributed by atoms with Gasteiger partial charge in [-0.3, -0.25) is 23.7 Å². The van der Waals surface area contributed by atoms with E-state index in [-0.39, 0.29) is 23.0 Å². The SMILES string of the molecule is COc1ccc([C@H]2c3sc(=O)n(CC(=O)Nc4cccc(C)c4)c3SC3C(=O)N(c4ccc(F)cc4)C(=O)C32)cc1. The monoisotopic (exact) mass is 589 g/mol. The highest BCUT2D eigenvalue weighted by molar-refractivity contribution is 8.00. The summed E-state index contributed by atoms with van der Waals surface area (Å²) in [5, 5.41) is 2.48. The molecule has 3 amide bonds. The molecule has 0 radical (unpaired) electrons. The Kier molecular flexibility index (Phi) is 7.00. The number of halogens is 1. The topological polar surface area (TPSA) is 97.7 Å². The van der Waals surface area contributed by atoms with Crippen LogP contribution in [-0.2, 0) is 20.9 Å². The number of fused-ring (bicyclic) bond motifs is 2. The number of hydrogen-bond acceptors (Lipinski definition) is 7. The van der Waals surface area contributed by atoms with Crippen LogP contribution in [0.3, 0.4) is 0 Å². The molecular weight excluding hydrogens is 565 g/mol. The van der Waals surface area contributed by atoms with Crippen LogP contribution < -0.4 is 19.8 Å². The van der Waals surface area contributed by atoms with Crippen molar-refractivity contribution in [1.82, 2.24) is 4.57 Å². The first kappa shape index (κ1) is 27.0. The van der Waals surface area contributed by atoms with Crippen LogP contribution in [-0.4, -0.2) is 34.6 Å². The third-order valence-corrected chi connectivity index (χ3v) is 9.82. The highest BCUT2D eigenvalue weighted by Crippen LogP contribution is 2.54. The number of thioether (sulfide) groups is 1. The molecule has 1 N–H and O–H groups in total. The van der Waals surface area contributed by atoms with Crippen LogP contribution in [0.1, 0.15) is 21.9 Å². The number of ether oxygens (including phenoxy) is 1. The zero-order valence-corrected chi connectivity index (χ0v) is 23.6. The first-order valence-electron chi connectivity index (χ1n) is 12.8. The summed E-state index contributed by atoms with van der Waals surface area (Å²) in [5.41, 5.74) is 2.61. The van der Waals surface area contributed by atoms with Gasteiger partial charge in [0.25, 0.3) is 0 Å². The molecule has 3 heterocycles. The van der Waals surface area contributed by atoms with Gasteiger partial charge in [-0.2, -0.15) is 0 Å². The summed E-state index contributed by atoms with van der Waals surface area (Å²) >= 11 is 2.10. The Balaban J connectivity index is 1.41. The molecule has 41 heavy (non-hydrogen) atoms. The minimum atomic E-state index is -0.841. The maximum Gasteiger partial charge on any atom is 0.308 e. The summed E-state index contributed by atoms with van der Waals surface area (Å²) in [6.45, 7) is 1.67. The van der Waals surface area contributed by atoms with E-state index in [0.717, 1.165) is 39.1 Å². The van der Waals surface area contributed by atoms with Crippen LogP contribution in [0.15, 0.2) is 82.6 Å². The molecule has 8 nitrogen and oxygen atoms in total. The van der Waals surface area contributed by atoms with E-state index in [0.29, 0.717) is 21.3 Å². The zero-order valence-electron chi connectivity index (χ0n) is 22.0. The third kappa shape index (κ3) is 4.85. The molecule has 208 valence electrons. The molecule has 1 aromatic heterocycles. The van der Waals surface area contributed by atoms with Crippen molar-refractivity contribution >= 4 is 52.2 Å². The number of rotatable bonds is 6. The Morgan fingerprint density at radius 3 is 2.41 bits per heavy atom. The Morgan fingerprint density at radius 1 is 1.00 bits per heavy atom. The zero-order chi connectivity index (χ0) is 28.8. The number of hydrogen-bond donors (Lipinski definition) is 1. The highest BCUT2D eigenvalue weighted by Gasteiger charge is 2.56. The largest absolute Gasteiger partial charge is 0.497 e. The smallest absolute Gasteiger partial charge is 0.308 e. The fourth-order valence-corrected chi connectivity index (χ4v) is 8.11. The lowest BCUT2D eigenvalue weighted by Gasteiger charge is -2.30. The lowest BCUT2D eigenvalue weighted by Crippen LogP contribution is -2.33. The Hall–Kier alpha value is -4.22. The van der Waals surface area contributed by atoms with Crippen molar-refractivity contribution in [2.24, 2.45) is 5.92 Å². The fourth-order valence-electron chi connectivity index (χ4n) is 5.34. The maximum atomic E-state index is 13.9. The molecule has 0 saturated carbocycles. The number of thiazole rings is 1. The lowest BCUT2D eigenvalue weighted by molar-refractivity contribution is -0.122. The molecule has 3 aromatic carbocycles. The van der Waals surface area contributed by atoms with Crippen molar-refractivity contribution in [3.8, 4) is 5.75 Å². The van der Waals surface area contributed by atoms with Crippen LogP contribution in [0.4, 0.5) is 15.8 Å². The number of anilines is 2. The minimum Gasteiger partial charge on any atom is -0.497 e. The van der Waals surface area contributed by atoms with Crippen molar-refractivity contribution in [3.63, 3.8) is 0 Å². The molecule has 11 heteroatoms.